The van der Waals surface area contributed by atoms with Crippen LogP contribution in [0.4, 0.5) is 0 Å². The number of hydrogen-bond acceptors (Lipinski definition) is 2. The summed E-state index contributed by atoms with van der Waals surface area (Å²) in [5, 5.41) is 3.50. The molecule has 0 radical (unpaired) electrons. The molecule has 2 unspecified atom stereocenters. The molecule has 1 aliphatic heterocycles. The molecule has 0 aromatic carbocycles. The van der Waals surface area contributed by atoms with E-state index < -0.39 is 0 Å². The van der Waals surface area contributed by atoms with Gasteiger partial charge in [-0.25, -0.2) is 0 Å². The fraction of sp³-hybridized carbons (Fsp3) is 1.00. The summed E-state index contributed by atoms with van der Waals surface area (Å²) in [6.07, 6.45) is 5.29. The Morgan fingerprint density at radius 1 is 1.40 bits per heavy atom. The molecule has 2 atom stereocenters. The van der Waals surface area contributed by atoms with Crippen molar-refractivity contribution in [3.05, 3.63) is 0 Å². The number of nitrogens with two attached hydrogens (primary N) is 1. The van der Waals surface area contributed by atoms with Gasteiger partial charge in [0, 0.05) is 18.6 Å². The summed E-state index contributed by atoms with van der Waals surface area (Å²) in [5.74, 6) is 0. The van der Waals surface area contributed by atoms with E-state index in [4.69, 9.17) is 5.73 Å². The molecule has 0 aliphatic carbocycles. The van der Waals surface area contributed by atoms with Crippen molar-refractivity contribution in [3.63, 3.8) is 0 Å². The lowest BCUT2D eigenvalue weighted by Gasteiger charge is -2.17. The predicted molar refractivity (Wildman–Crippen MR) is 43.9 cm³/mol. The van der Waals surface area contributed by atoms with Crippen LogP contribution in [0.25, 0.3) is 0 Å². The summed E-state index contributed by atoms with van der Waals surface area (Å²) in [6.45, 7) is 3.04. The van der Waals surface area contributed by atoms with Crippen molar-refractivity contribution in [2.45, 2.75) is 44.7 Å². The van der Waals surface area contributed by atoms with Crippen molar-refractivity contribution < 1.29 is 0 Å². The van der Waals surface area contributed by atoms with Gasteiger partial charge in [0.15, 0.2) is 0 Å². The molecule has 0 saturated carbocycles. The molecule has 0 spiro atoms. The highest BCUT2D eigenvalue weighted by atomic mass is 15.0. The van der Waals surface area contributed by atoms with E-state index in [-0.39, 0.29) is 0 Å². The van der Waals surface area contributed by atoms with Crippen LogP contribution in [0.3, 0.4) is 0 Å². The topological polar surface area (TPSA) is 38.0 Å². The van der Waals surface area contributed by atoms with Crippen LogP contribution in [0, 0.1) is 0 Å². The molecule has 2 heteroatoms. The monoisotopic (exact) mass is 142 g/mol. The lowest BCUT2D eigenvalue weighted by Crippen LogP contribution is -2.39. The first kappa shape index (κ1) is 8.02. The van der Waals surface area contributed by atoms with Crippen LogP contribution in [0.2, 0.25) is 0 Å². The zero-order chi connectivity index (χ0) is 7.40. The van der Waals surface area contributed by atoms with Crippen molar-refractivity contribution in [2.24, 2.45) is 5.73 Å². The summed E-state index contributed by atoms with van der Waals surface area (Å²) < 4.78 is 0. The molecule has 3 N–H and O–H groups in total. The molecule has 0 aromatic heterocycles. The summed E-state index contributed by atoms with van der Waals surface area (Å²) in [6, 6.07) is 1.26. The summed E-state index contributed by atoms with van der Waals surface area (Å²) in [5.41, 5.74) is 5.57. The van der Waals surface area contributed by atoms with Gasteiger partial charge in [-0.2, -0.15) is 0 Å². The van der Waals surface area contributed by atoms with Crippen molar-refractivity contribution in [1.82, 2.24) is 5.32 Å². The molecule has 1 saturated heterocycles. The molecule has 0 amide bonds. The van der Waals surface area contributed by atoms with Gasteiger partial charge in [0.05, 0.1) is 0 Å². The highest BCUT2D eigenvalue weighted by Gasteiger charge is 2.13. The Labute approximate surface area is 63.2 Å². The van der Waals surface area contributed by atoms with Crippen LogP contribution >= 0.6 is 0 Å². The quantitative estimate of drug-likeness (QED) is 0.570. The van der Waals surface area contributed by atoms with Gasteiger partial charge in [-0.3, -0.25) is 0 Å². The lowest BCUT2D eigenvalue weighted by molar-refractivity contribution is 0.455. The molecular formula is C8H18N2. The van der Waals surface area contributed by atoms with Crippen molar-refractivity contribution in [1.29, 1.82) is 0 Å². The first-order chi connectivity index (χ1) is 4.83. The predicted octanol–water partition coefficient (Wildman–Crippen LogP) is 0.866. The second kappa shape index (κ2) is 3.94. The van der Waals surface area contributed by atoms with Crippen LogP contribution in [0.15, 0.2) is 0 Å². The highest BCUT2D eigenvalue weighted by molar-refractivity contribution is 4.75. The second-order valence-electron chi connectivity index (χ2n) is 3.28. The summed E-state index contributed by atoms with van der Waals surface area (Å²) >= 11 is 0. The lowest BCUT2D eigenvalue weighted by atomic mass is 10.1. The molecule has 10 heavy (non-hydrogen) atoms. The van der Waals surface area contributed by atoms with Gasteiger partial charge >= 0.3 is 0 Å². The SMILES string of the molecule is CC1CCCCC(CN)N1. The number of rotatable bonds is 1. The third-order valence-electron chi connectivity index (χ3n) is 2.24. The maximum Gasteiger partial charge on any atom is 0.0192 e. The first-order valence-corrected chi connectivity index (χ1v) is 4.29. The van der Waals surface area contributed by atoms with Gasteiger partial charge in [-0.1, -0.05) is 12.8 Å². The maximum atomic E-state index is 5.57. The normalized spacial score (nSPS) is 35.4. The molecule has 60 valence electrons. The largest absolute Gasteiger partial charge is 0.329 e. The summed E-state index contributed by atoms with van der Waals surface area (Å²) in [7, 11) is 0. The Kier molecular flexibility index (Phi) is 3.16. The molecule has 0 bridgehead atoms. The van der Waals surface area contributed by atoms with E-state index in [9.17, 15) is 0 Å². The molecule has 1 rings (SSSR count). The number of hydrogen-bond donors (Lipinski definition) is 2. The minimum atomic E-state index is 0.581. The molecule has 1 aliphatic rings. The third-order valence-corrected chi connectivity index (χ3v) is 2.24. The zero-order valence-corrected chi connectivity index (χ0v) is 6.77. The van der Waals surface area contributed by atoms with E-state index in [0.29, 0.717) is 12.1 Å². The van der Waals surface area contributed by atoms with E-state index >= 15 is 0 Å². The second-order valence-corrected chi connectivity index (χ2v) is 3.28. The Morgan fingerprint density at radius 3 is 2.80 bits per heavy atom. The third kappa shape index (κ3) is 2.27. The fourth-order valence-electron chi connectivity index (χ4n) is 1.60. The fourth-order valence-corrected chi connectivity index (χ4v) is 1.60. The molecule has 1 fully saturated rings. The van der Waals surface area contributed by atoms with Gasteiger partial charge in [-0.05, 0) is 19.8 Å². The highest BCUT2D eigenvalue weighted by Crippen LogP contribution is 2.11. The summed E-state index contributed by atoms with van der Waals surface area (Å²) in [4.78, 5) is 0. The van der Waals surface area contributed by atoms with Crippen LogP contribution < -0.4 is 11.1 Å². The average Bonchev–Trinajstić information content (AvgIpc) is 2.13. The Morgan fingerprint density at radius 2 is 2.10 bits per heavy atom. The van der Waals surface area contributed by atoms with Gasteiger partial charge < -0.3 is 11.1 Å². The molecule has 0 aromatic rings. The van der Waals surface area contributed by atoms with Gasteiger partial charge in [0.25, 0.3) is 0 Å². The van der Waals surface area contributed by atoms with Crippen LogP contribution in [0.1, 0.15) is 32.6 Å². The van der Waals surface area contributed by atoms with Crippen molar-refractivity contribution in [3.8, 4) is 0 Å². The molecule has 2 nitrogen and oxygen atoms in total. The molecule has 1 heterocycles. The standard InChI is InChI=1S/C8H18N2/c1-7-4-2-3-5-8(6-9)10-7/h7-8,10H,2-6,9H2,1H3. The molecular weight excluding hydrogens is 124 g/mol. The minimum absolute atomic E-state index is 0.581. The van der Waals surface area contributed by atoms with E-state index in [0.717, 1.165) is 6.54 Å². The first-order valence-electron chi connectivity index (χ1n) is 4.29. The Bertz CT molecular complexity index is 93.3. The van der Waals surface area contributed by atoms with Crippen LogP contribution in [0.5, 0.6) is 0 Å². The average molecular weight is 142 g/mol. The minimum Gasteiger partial charge on any atom is -0.329 e. The van der Waals surface area contributed by atoms with Crippen LogP contribution in [-0.4, -0.2) is 18.6 Å². The van der Waals surface area contributed by atoms with Crippen LogP contribution in [-0.2, 0) is 0 Å². The van der Waals surface area contributed by atoms with Gasteiger partial charge in [0.1, 0.15) is 0 Å². The van der Waals surface area contributed by atoms with Crippen molar-refractivity contribution >= 4 is 0 Å². The zero-order valence-electron chi connectivity index (χ0n) is 6.77. The number of nitrogens with one attached hydrogen (secondary N) is 1. The smallest absolute Gasteiger partial charge is 0.0192 e. The van der Waals surface area contributed by atoms with E-state index in [2.05, 4.69) is 12.2 Å². The Hall–Kier alpha value is -0.0800. The van der Waals surface area contributed by atoms with Crippen molar-refractivity contribution in [2.75, 3.05) is 6.54 Å². The van der Waals surface area contributed by atoms with E-state index in [1.807, 2.05) is 0 Å². The van der Waals surface area contributed by atoms with E-state index in [1.54, 1.807) is 0 Å². The maximum absolute atomic E-state index is 5.57. The van der Waals surface area contributed by atoms with Gasteiger partial charge in [-0.15, -0.1) is 0 Å². The Balaban J connectivity index is 2.30. The van der Waals surface area contributed by atoms with Gasteiger partial charge in [0.2, 0.25) is 0 Å². The van der Waals surface area contributed by atoms with E-state index in [1.165, 1.54) is 25.7 Å².